The van der Waals surface area contributed by atoms with Gasteiger partial charge in [-0.1, -0.05) is 50.9 Å². The van der Waals surface area contributed by atoms with E-state index in [1.165, 1.54) is 0 Å². The third-order valence-electron chi connectivity index (χ3n) is 3.51. The molecule has 2 aromatic rings. The first kappa shape index (κ1) is 18.9. The van der Waals surface area contributed by atoms with E-state index in [0.717, 1.165) is 44.2 Å². The molecule has 0 fully saturated rings. The van der Waals surface area contributed by atoms with Gasteiger partial charge >= 0.3 is 0 Å². The molecule has 0 aromatic heterocycles. The van der Waals surface area contributed by atoms with Gasteiger partial charge in [0.2, 0.25) is 0 Å². The molecule has 0 saturated heterocycles. The second-order valence-corrected chi connectivity index (χ2v) is 7.52. The summed E-state index contributed by atoms with van der Waals surface area (Å²) in [5, 5.41) is 0. The summed E-state index contributed by atoms with van der Waals surface area (Å²) in [6.45, 7) is 6.18. The molecule has 0 unspecified atom stereocenters. The Kier molecular flexibility index (Phi) is 6.75. The van der Waals surface area contributed by atoms with E-state index in [2.05, 4.69) is 55.9 Å². The molecule has 0 bridgehead atoms. The normalized spacial score (nSPS) is 12.5. The Morgan fingerprint density at radius 1 is 1.04 bits per heavy atom. The van der Waals surface area contributed by atoms with Crippen LogP contribution >= 0.6 is 31.9 Å². The maximum atomic E-state index is 6.06. The number of benzene rings is 2. The average Bonchev–Trinajstić information content (AvgIpc) is 2.49. The number of aryl methyl sites for hydroxylation is 2. The maximum absolute atomic E-state index is 6.06. The van der Waals surface area contributed by atoms with Crippen LogP contribution in [0, 0.1) is 13.8 Å². The zero-order chi connectivity index (χ0) is 17.7. The van der Waals surface area contributed by atoms with Crippen LogP contribution in [0.15, 0.2) is 55.3 Å². The van der Waals surface area contributed by atoms with Crippen LogP contribution in [-0.4, -0.2) is 11.7 Å². The number of nitrogens with zero attached hydrogens (tertiary/aromatic N) is 2. The van der Waals surface area contributed by atoms with Crippen molar-refractivity contribution < 1.29 is 0 Å². The van der Waals surface area contributed by atoms with E-state index >= 15 is 0 Å². The molecule has 24 heavy (non-hydrogen) atoms. The van der Waals surface area contributed by atoms with Crippen LogP contribution in [0.2, 0.25) is 0 Å². The van der Waals surface area contributed by atoms with Gasteiger partial charge in [-0.3, -0.25) is 0 Å². The highest BCUT2D eigenvalue weighted by molar-refractivity contribution is 9.10. The minimum absolute atomic E-state index is 0.601. The zero-order valence-corrected chi connectivity index (χ0v) is 17.3. The van der Waals surface area contributed by atoms with Gasteiger partial charge in [0, 0.05) is 20.9 Å². The fourth-order valence-corrected chi connectivity index (χ4v) is 3.50. The monoisotopic (exact) mass is 449 g/mol. The first-order valence-corrected chi connectivity index (χ1v) is 9.43. The minimum atomic E-state index is 0.601. The van der Waals surface area contributed by atoms with Gasteiger partial charge < -0.3 is 5.73 Å². The molecule has 2 aromatic carbocycles. The summed E-state index contributed by atoms with van der Waals surface area (Å²) in [7, 11) is 0. The van der Waals surface area contributed by atoms with Crippen LogP contribution in [-0.2, 0) is 0 Å². The Hall–Kier alpha value is -1.46. The van der Waals surface area contributed by atoms with Gasteiger partial charge in [0.25, 0.3) is 0 Å². The standard InChI is InChI=1S/C19H21Br2N3/c1-4-6-17(22)23-19(14-7-5-8-15(20)11-14)24-18-12(2)9-16(21)10-13(18)3/h5,7-11H,4,6H2,1-3H3,(H2,22,23,24). The highest BCUT2D eigenvalue weighted by Gasteiger charge is 2.09. The molecule has 126 valence electrons. The molecule has 5 heteroatoms. The summed E-state index contributed by atoms with van der Waals surface area (Å²) in [6.07, 6.45) is 1.71. The van der Waals surface area contributed by atoms with Crippen molar-refractivity contribution >= 4 is 49.2 Å². The number of aliphatic imine (C=N–C) groups is 2. The molecule has 2 N–H and O–H groups in total. The van der Waals surface area contributed by atoms with E-state index in [1.54, 1.807) is 0 Å². The Bertz CT molecular complexity index is 772. The molecule has 2 rings (SSSR count). The third-order valence-corrected chi connectivity index (χ3v) is 4.46. The summed E-state index contributed by atoms with van der Waals surface area (Å²) >= 11 is 7.04. The zero-order valence-electron chi connectivity index (χ0n) is 14.1. The topological polar surface area (TPSA) is 50.7 Å². The molecule has 0 amide bonds. The van der Waals surface area contributed by atoms with E-state index in [4.69, 9.17) is 10.7 Å². The molecular formula is C19H21Br2N3. The van der Waals surface area contributed by atoms with Crippen molar-refractivity contribution in [2.45, 2.75) is 33.6 Å². The van der Waals surface area contributed by atoms with Gasteiger partial charge in [0.15, 0.2) is 5.84 Å². The van der Waals surface area contributed by atoms with Gasteiger partial charge in [-0.15, -0.1) is 0 Å². The van der Waals surface area contributed by atoms with Crippen molar-refractivity contribution in [2.75, 3.05) is 0 Å². The number of rotatable bonds is 4. The van der Waals surface area contributed by atoms with Crippen molar-refractivity contribution in [3.8, 4) is 0 Å². The quantitative estimate of drug-likeness (QED) is 0.446. The smallest absolute Gasteiger partial charge is 0.161 e. The first-order valence-electron chi connectivity index (χ1n) is 7.85. The van der Waals surface area contributed by atoms with E-state index in [9.17, 15) is 0 Å². The fourth-order valence-electron chi connectivity index (χ4n) is 2.42. The summed E-state index contributed by atoms with van der Waals surface area (Å²) in [5.41, 5.74) is 10.1. The molecule has 0 atom stereocenters. The van der Waals surface area contributed by atoms with Crippen molar-refractivity contribution in [2.24, 2.45) is 15.7 Å². The van der Waals surface area contributed by atoms with Crippen molar-refractivity contribution in [3.63, 3.8) is 0 Å². The average molecular weight is 451 g/mol. The van der Waals surface area contributed by atoms with Crippen LogP contribution in [0.25, 0.3) is 0 Å². The van der Waals surface area contributed by atoms with Gasteiger partial charge in [0.1, 0.15) is 5.84 Å². The van der Waals surface area contributed by atoms with Gasteiger partial charge in [0.05, 0.1) is 5.69 Å². The van der Waals surface area contributed by atoms with Crippen molar-refractivity contribution in [1.82, 2.24) is 0 Å². The number of hydrogen-bond donors (Lipinski definition) is 1. The van der Waals surface area contributed by atoms with E-state index in [-0.39, 0.29) is 0 Å². The number of hydrogen-bond acceptors (Lipinski definition) is 1. The van der Waals surface area contributed by atoms with Crippen LogP contribution in [0.1, 0.15) is 36.5 Å². The molecular weight excluding hydrogens is 430 g/mol. The van der Waals surface area contributed by atoms with E-state index in [1.807, 2.05) is 38.1 Å². The Labute approximate surface area is 160 Å². The molecule has 0 spiro atoms. The highest BCUT2D eigenvalue weighted by Crippen LogP contribution is 2.29. The molecule has 0 aliphatic carbocycles. The molecule has 3 nitrogen and oxygen atoms in total. The van der Waals surface area contributed by atoms with Crippen LogP contribution in [0.4, 0.5) is 5.69 Å². The Balaban J connectivity index is 2.60. The molecule has 0 radical (unpaired) electrons. The van der Waals surface area contributed by atoms with Crippen molar-refractivity contribution in [1.29, 1.82) is 0 Å². The lowest BCUT2D eigenvalue weighted by Gasteiger charge is -2.09. The lowest BCUT2D eigenvalue weighted by molar-refractivity contribution is 0.984. The number of nitrogens with two attached hydrogens (primary N) is 1. The Morgan fingerprint density at radius 2 is 1.71 bits per heavy atom. The van der Waals surface area contributed by atoms with Crippen LogP contribution in [0.3, 0.4) is 0 Å². The summed E-state index contributed by atoms with van der Waals surface area (Å²) in [4.78, 5) is 9.43. The molecule has 0 saturated carbocycles. The summed E-state index contributed by atoms with van der Waals surface area (Å²) in [5.74, 6) is 1.24. The lowest BCUT2D eigenvalue weighted by Crippen LogP contribution is -2.14. The molecule has 0 aliphatic heterocycles. The largest absolute Gasteiger partial charge is 0.387 e. The molecule has 0 heterocycles. The second-order valence-electron chi connectivity index (χ2n) is 5.69. The van der Waals surface area contributed by atoms with Crippen LogP contribution in [0.5, 0.6) is 0 Å². The number of halogens is 2. The minimum Gasteiger partial charge on any atom is -0.387 e. The van der Waals surface area contributed by atoms with Gasteiger partial charge in [-0.25, -0.2) is 9.98 Å². The summed E-state index contributed by atoms with van der Waals surface area (Å²) < 4.78 is 2.04. The predicted molar refractivity (Wildman–Crippen MR) is 110 cm³/mol. The number of amidine groups is 2. The molecule has 0 aliphatic rings. The summed E-state index contributed by atoms with van der Waals surface area (Å²) in [6, 6.07) is 12.1. The predicted octanol–water partition coefficient (Wildman–Crippen LogP) is 6.06. The van der Waals surface area contributed by atoms with Gasteiger partial charge in [-0.05, 0) is 55.7 Å². The third kappa shape index (κ3) is 5.02. The maximum Gasteiger partial charge on any atom is 0.161 e. The van der Waals surface area contributed by atoms with E-state index in [0.29, 0.717) is 11.7 Å². The van der Waals surface area contributed by atoms with E-state index < -0.39 is 0 Å². The Morgan fingerprint density at radius 3 is 2.29 bits per heavy atom. The fraction of sp³-hybridized carbons (Fsp3) is 0.263. The SMILES string of the molecule is CCCC(N)=NC(=Nc1c(C)cc(Br)cc1C)c1cccc(Br)c1. The van der Waals surface area contributed by atoms with Crippen LogP contribution < -0.4 is 5.73 Å². The van der Waals surface area contributed by atoms with Crippen molar-refractivity contribution in [3.05, 3.63) is 62.0 Å². The first-order chi connectivity index (χ1) is 11.4. The lowest BCUT2D eigenvalue weighted by atomic mass is 10.1. The second kappa shape index (κ2) is 8.58. The van der Waals surface area contributed by atoms with Gasteiger partial charge in [-0.2, -0.15) is 0 Å². The highest BCUT2D eigenvalue weighted by atomic mass is 79.9.